The van der Waals surface area contributed by atoms with E-state index < -0.39 is 17.4 Å². The molecule has 0 aliphatic carbocycles. The van der Waals surface area contributed by atoms with Gasteiger partial charge >= 0.3 is 0 Å². The lowest BCUT2D eigenvalue weighted by atomic mass is 9.73. The summed E-state index contributed by atoms with van der Waals surface area (Å²) in [6, 6.07) is 7.88. The van der Waals surface area contributed by atoms with Gasteiger partial charge in [0.1, 0.15) is 0 Å². The van der Waals surface area contributed by atoms with Crippen LogP contribution in [0.4, 0.5) is 0 Å². The Morgan fingerprint density at radius 2 is 2.13 bits per heavy atom. The Morgan fingerprint density at radius 1 is 1.32 bits per heavy atom. The molecular formula is C21H27Cl2N5O3. The summed E-state index contributed by atoms with van der Waals surface area (Å²) in [6.07, 6.45) is 6.81. The molecule has 0 radical (unpaired) electrons. The van der Waals surface area contributed by atoms with Crippen LogP contribution in [0, 0.1) is 11.8 Å². The predicted octanol–water partition coefficient (Wildman–Crippen LogP) is 1.30. The predicted molar refractivity (Wildman–Crippen MR) is 119 cm³/mol. The maximum Gasteiger partial charge on any atom is 0.229 e. The molecule has 8 nitrogen and oxygen atoms in total. The van der Waals surface area contributed by atoms with Crippen LogP contribution in [0.25, 0.3) is 5.69 Å². The first kappa shape index (κ1) is 23.5. The minimum Gasteiger partial charge on any atom is -0.368 e. The highest BCUT2D eigenvalue weighted by Crippen LogP contribution is 2.55. The summed E-state index contributed by atoms with van der Waals surface area (Å²) in [5, 5.41) is 3.06. The van der Waals surface area contributed by atoms with Crippen molar-refractivity contribution in [3.8, 4) is 5.69 Å². The Hall–Kier alpha value is -2.13. The third-order valence-electron chi connectivity index (χ3n) is 6.53. The number of amides is 2. The number of nitrogens with one attached hydrogen (secondary N) is 1. The number of hydrogen-bond acceptors (Lipinski definition) is 5. The topological polar surface area (TPSA) is 102 Å². The second kappa shape index (κ2) is 9.16. The average Bonchev–Trinajstić information content (AvgIpc) is 3.49. The van der Waals surface area contributed by atoms with E-state index in [1.807, 2.05) is 35.0 Å². The molecule has 168 valence electrons. The molecule has 3 aliphatic rings. The van der Waals surface area contributed by atoms with Gasteiger partial charge in [0.25, 0.3) is 0 Å². The summed E-state index contributed by atoms with van der Waals surface area (Å²) in [7, 11) is 0. The van der Waals surface area contributed by atoms with Crippen molar-refractivity contribution in [2.24, 2.45) is 17.6 Å². The van der Waals surface area contributed by atoms with Crippen LogP contribution in [0.3, 0.4) is 0 Å². The highest BCUT2D eigenvalue weighted by molar-refractivity contribution is 5.92. The Labute approximate surface area is 193 Å². The molecule has 4 heterocycles. The van der Waals surface area contributed by atoms with E-state index in [1.54, 1.807) is 17.4 Å². The molecule has 3 fully saturated rings. The fourth-order valence-electron chi connectivity index (χ4n) is 5.30. The molecule has 2 aromatic rings. The molecule has 1 aromatic heterocycles. The lowest BCUT2D eigenvalue weighted by Gasteiger charge is -2.27. The average molecular weight is 468 g/mol. The van der Waals surface area contributed by atoms with Gasteiger partial charge in [0.05, 0.1) is 42.1 Å². The number of ether oxygens (including phenoxy) is 1. The van der Waals surface area contributed by atoms with E-state index in [1.165, 1.54) is 0 Å². The summed E-state index contributed by atoms with van der Waals surface area (Å²) < 4.78 is 8.14. The van der Waals surface area contributed by atoms with Crippen molar-refractivity contribution < 1.29 is 14.3 Å². The quantitative estimate of drug-likeness (QED) is 0.666. The van der Waals surface area contributed by atoms with Gasteiger partial charge in [-0.15, -0.1) is 24.8 Å². The Kier molecular flexibility index (Phi) is 6.95. The molecule has 5 rings (SSSR count). The van der Waals surface area contributed by atoms with Crippen molar-refractivity contribution in [2.75, 3.05) is 19.6 Å². The lowest BCUT2D eigenvalue weighted by molar-refractivity contribution is -0.138. The number of para-hydroxylation sites is 1. The van der Waals surface area contributed by atoms with Crippen molar-refractivity contribution in [1.29, 1.82) is 0 Å². The maximum absolute atomic E-state index is 13.2. The largest absolute Gasteiger partial charge is 0.368 e. The molecule has 2 bridgehead atoms. The summed E-state index contributed by atoms with van der Waals surface area (Å²) in [5.74, 6) is -0.919. The number of halogens is 2. The van der Waals surface area contributed by atoms with Crippen molar-refractivity contribution in [1.82, 2.24) is 19.8 Å². The van der Waals surface area contributed by atoms with Gasteiger partial charge in [-0.05, 0) is 24.5 Å². The molecule has 31 heavy (non-hydrogen) atoms. The molecule has 4 atom stereocenters. The van der Waals surface area contributed by atoms with Gasteiger partial charge in [0.15, 0.2) is 0 Å². The number of aromatic nitrogens is 2. The van der Waals surface area contributed by atoms with Crippen molar-refractivity contribution >= 4 is 36.6 Å². The highest BCUT2D eigenvalue weighted by atomic mass is 35.5. The van der Waals surface area contributed by atoms with Crippen LogP contribution in [0.2, 0.25) is 0 Å². The van der Waals surface area contributed by atoms with E-state index >= 15 is 0 Å². The van der Waals surface area contributed by atoms with Crippen LogP contribution >= 0.6 is 24.8 Å². The summed E-state index contributed by atoms with van der Waals surface area (Å²) in [6.45, 7) is 1.87. The molecule has 10 heteroatoms. The van der Waals surface area contributed by atoms with Gasteiger partial charge in [-0.2, -0.15) is 0 Å². The summed E-state index contributed by atoms with van der Waals surface area (Å²) in [4.78, 5) is 32.0. The summed E-state index contributed by atoms with van der Waals surface area (Å²) in [5.41, 5.74) is 7.11. The number of nitrogens with two attached hydrogens (primary N) is 1. The summed E-state index contributed by atoms with van der Waals surface area (Å²) >= 11 is 0. The van der Waals surface area contributed by atoms with E-state index in [0.29, 0.717) is 26.2 Å². The standard InChI is InChI=1S/C21H25N5O3.2ClH/c22-7-9-25-12-21-6-5-16(29-21)17(18(21)20(25)28)19(27)24-11-14-3-1-2-4-15(14)26-10-8-23-13-26;;/h1-4,8,10,13,16-18H,5-7,9,11-12,22H2,(H,24,27);2*1H/t16-,17-,18+,21-;;/m0../s1. The highest BCUT2D eigenvalue weighted by Gasteiger charge is 2.68. The Morgan fingerprint density at radius 3 is 2.87 bits per heavy atom. The fraction of sp³-hybridized carbons (Fsp3) is 0.476. The molecule has 3 saturated heterocycles. The zero-order chi connectivity index (χ0) is 20.0. The Balaban J connectivity index is 0.00000136. The van der Waals surface area contributed by atoms with Gasteiger partial charge in [0.2, 0.25) is 11.8 Å². The first-order chi connectivity index (χ1) is 14.1. The molecular weight excluding hydrogens is 441 g/mol. The number of fused-ring (bicyclic) bond motifs is 1. The monoisotopic (exact) mass is 467 g/mol. The number of imidazole rings is 1. The number of hydrogen-bond donors (Lipinski definition) is 2. The van der Waals surface area contributed by atoms with Crippen LogP contribution < -0.4 is 11.1 Å². The molecule has 1 aromatic carbocycles. The van der Waals surface area contributed by atoms with Crippen LogP contribution in [0.1, 0.15) is 18.4 Å². The van der Waals surface area contributed by atoms with Gasteiger partial charge in [0, 0.05) is 32.0 Å². The Bertz CT molecular complexity index is 941. The zero-order valence-corrected chi connectivity index (χ0v) is 18.6. The molecule has 3 N–H and O–H groups in total. The minimum absolute atomic E-state index is 0. The van der Waals surface area contributed by atoms with Crippen molar-refractivity contribution in [3.05, 3.63) is 48.5 Å². The smallest absolute Gasteiger partial charge is 0.229 e. The van der Waals surface area contributed by atoms with Gasteiger partial charge in [-0.3, -0.25) is 9.59 Å². The minimum atomic E-state index is -0.506. The van der Waals surface area contributed by atoms with E-state index in [4.69, 9.17) is 10.5 Å². The number of likely N-dealkylation sites (tertiary alicyclic amines) is 1. The third kappa shape index (κ3) is 3.82. The van der Waals surface area contributed by atoms with Crippen molar-refractivity contribution in [2.45, 2.75) is 31.1 Å². The van der Waals surface area contributed by atoms with Crippen LogP contribution in [-0.4, -0.2) is 57.6 Å². The van der Waals surface area contributed by atoms with Crippen molar-refractivity contribution in [3.63, 3.8) is 0 Å². The number of benzene rings is 1. The number of carbonyl (C=O) groups excluding carboxylic acids is 2. The molecule has 0 saturated carbocycles. The van der Waals surface area contributed by atoms with E-state index in [0.717, 1.165) is 24.1 Å². The maximum atomic E-state index is 13.2. The zero-order valence-electron chi connectivity index (χ0n) is 17.0. The third-order valence-corrected chi connectivity index (χ3v) is 6.53. The molecule has 2 amide bonds. The molecule has 3 aliphatic heterocycles. The number of rotatable bonds is 6. The van der Waals surface area contributed by atoms with Crippen LogP contribution in [0.5, 0.6) is 0 Å². The van der Waals surface area contributed by atoms with Crippen LogP contribution in [-0.2, 0) is 20.9 Å². The first-order valence-electron chi connectivity index (χ1n) is 10.1. The first-order valence-corrected chi connectivity index (χ1v) is 10.1. The SMILES string of the molecule is Cl.Cl.NCCN1C[C@]23CC[C@H](O2)[C@H](C(=O)NCc2ccccc2-n2ccnc2)[C@@H]3C1=O. The second-order valence-corrected chi connectivity index (χ2v) is 8.13. The van der Waals surface area contributed by atoms with Crippen LogP contribution in [0.15, 0.2) is 43.0 Å². The molecule has 0 unspecified atom stereocenters. The molecule has 1 spiro atoms. The normalized spacial score (nSPS) is 28.1. The fourth-order valence-corrected chi connectivity index (χ4v) is 5.30. The second-order valence-electron chi connectivity index (χ2n) is 8.13. The van der Waals surface area contributed by atoms with Gasteiger partial charge in [-0.1, -0.05) is 18.2 Å². The number of nitrogens with zero attached hydrogens (tertiary/aromatic N) is 3. The lowest BCUT2D eigenvalue weighted by Crippen LogP contribution is -2.45. The van der Waals surface area contributed by atoms with E-state index in [-0.39, 0.29) is 42.7 Å². The van der Waals surface area contributed by atoms with E-state index in [2.05, 4.69) is 10.3 Å². The number of carbonyl (C=O) groups is 2. The van der Waals surface area contributed by atoms with E-state index in [9.17, 15) is 9.59 Å². The van der Waals surface area contributed by atoms with Gasteiger partial charge in [-0.25, -0.2) is 4.98 Å². The van der Waals surface area contributed by atoms with Gasteiger partial charge < -0.3 is 25.3 Å².